The van der Waals surface area contributed by atoms with Gasteiger partial charge in [-0.3, -0.25) is 9.88 Å². The lowest BCUT2D eigenvalue weighted by molar-refractivity contribution is 0.0633. The lowest BCUT2D eigenvalue weighted by atomic mass is 9.79. The van der Waals surface area contributed by atoms with E-state index >= 15 is 0 Å². The van der Waals surface area contributed by atoms with E-state index in [0.717, 1.165) is 50.0 Å². The molecule has 2 aliphatic rings. The minimum atomic E-state index is 0.365. The number of rotatable bonds is 4. The lowest BCUT2D eigenvalue weighted by Gasteiger charge is -2.39. The Balaban J connectivity index is 1.74. The maximum Gasteiger partial charge on any atom is 0.183 e. The Morgan fingerprint density at radius 3 is 2.95 bits per heavy atom. The van der Waals surface area contributed by atoms with Gasteiger partial charge in [0.2, 0.25) is 0 Å². The molecule has 1 unspecified atom stereocenters. The fourth-order valence-corrected chi connectivity index (χ4v) is 3.59. The normalized spacial score (nSPS) is 26.2. The molecule has 2 saturated heterocycles. The van der Waals surface area contributed by atoms with Crippen molar-refractivity contribution >= 4 is 0 Å². The molecule has 5 heteroatoms. The summed E-state index contributed by atoms with van der Waals surface area (Å²) in [5.74, 6) is 1.50. The summed E-state index contributed by atoms with van der Waals surface area (Å²) in [6.45, 7) is 4.84. The van der Waals surface area contributed by atoms with Crippen molar-refractivity contribution in [3.63, 3.8) is 0 Å². The summed E-state index contributed by atoms with van der Waals surface area (Å²) in [6, 6.07) is 1.84. The minimum absolute atomic E-state index is 0.365. The predicted molar refractivity (Wildman–Crippen MR) is 79.7 cm³/mol. The van der Waals surface area contributed by atoms with Gasteiger partial charge in [-0.25, -0.2) is 0 Å². The molecule has 0 aromatic carbocycles. The van der Waals surface area contributed by atoms with Crippen LogP contribution in [0.2, 0.25) is 0 Å². The molecule has 1 atom stereocenters. The van der Waals surface area contributed by atoms with Gasteiger partial charge in [-0.05, 0) is 25.8 Å². The average Bonchev–Trinajstić information content (AvgIpc) is 2.94. The second-order valence-corrected chi connectivity index (χ2v) is 6.11. The van der Waals surface area contributed by atoms with Crippen LogP contribution in [0.25, 0.3) is 0 Å². The Kier molecular flexibility index (Phi) is 4.31. The summed E-state index contributed by atoms with van der Waals surface area (Å²) in [6.07, 6.45) is 5.49. The quantitative estimate of drug-likeness (QED) is 0.850. The summed E-state index contributed by atoms with van der Waals surface area (Å²) in [7, 11) is 3.33. The van der Waals surface area contributed by atoms with Gasteiger partial charge in [-0.1, -0.05) is 0 Å². The fourth-order valence-electron chi connectivity index (χ4n) is 3.59. The topological polar surface area (TPSA) is 43.8 Å². The van der Waals surface area contributed by atoms with E-state index in [9.17, 15) is 0 Å². The van der Waals surface area contributed by atoms with Gasteiger partial charge in [0.15, 0.2) is 11.5 Å². The van der Waals surface area contributed by atoms with E-state index in [2.05, 4.69) is 9.88 Å². The van der Waals surface area contributed by atoms with Crippen molar-refractivity contribution in [3.05, 3.63) is 18.0 Å². The lowest BCUT2D eigenvalue weighted by Crippen LogP contribution is -2.43. The Hall–Kier alpha value is -1.33. The van der Waals surface area contributed by atoms with Gasteiger partial charge in [0, 0.05) is 37.4 Å². The van der Waals surface area contributed by atoms with E-state index in [0.29, 0.717) is 5.41 Å². The van der Waals surface area contributed by atoms with Gasteiger partial charge in [0.25, 0.3) is 0 Å². The van der Waals surface area contributed by atoms with E-state index in [1.165, 1.54) is 19.3 Å². The first kappa shape index (κ1) is 14.6. The van der Waals surface area contributed by atoms with Gasteiger partial charge >= 0.3 is 0 Å². The molecule has 1 aromatic heterocycles. The van der Waals surface area contributed by atoms with E-state index < -0.39 is 0 Å². The van der Waals surface area contributed by atoms with Crippen molar-refractivity contribution in [1.82, 2.24) is 9.88 Å². The van der Waals surface area contributed by atoms with Crippen LogP contribution in [0.1, 0.15) is 25.0 Å². The molecule has 0 saturated carbocycles. The standard InChI is InChI=1S/C16H24N2O3/c1-19-14-4-7-17-13(15(14)20-2)10-18-8-3-5-16(11-18)6-9-21-12-16/h4,7H,3,5-6,8-12H2,1-2H3. The fraction of sp³-hybridized carbons (Fsp3) is 0.688. The molecule has 21 heavy (non-hydrogen) atoms. The van der Waals surface area contributed by atoms with Crippen LogP contribution in [-0.2, 0) is 11.3 Å². The second kappa shape index (κ2) is 6.20. The van der Waals surface area contributed by atoms with Crippen molar-refractivity contribution < 1.29 is 14.2 Å². The number of methoxy groups -OCH3 is 2. The Bertz CT molecular complexity index is 486. The van der Waals surface area contributed by atoms with E-state index in [4.69, 9.17) is 14.2 Å². The molecule has 0 amide bonds. The molecule has 3 heterocycles. The number of hydrogen-bond acceptors (Lipinski definition) is 5. The van der Waals surface area contributed by atoms with Gasteiger partial charge in [-0.15, -0.1) is 0 Å². The number of likely N-dealkylation sites (tertiary alicyclic amines) is 1. The third-order valence-electron chi connectivity index (χ3n) is 4.67. The zero-order valence-corrected chi connectivity index (χ0v) is 12.9. The van der Waals surface area contributed by atoms with Gasteiger partial charge in [0.1, 0.15) is 5.69 Å². The summed E-state index contributed by atoms with van der Waals surface area (Å²) in [4.78, 5) is 6.96. The van der Waals surface area contributed by atoms with Crippen LogP contribution in [0.5, 0.6) is 11.5 Å². The van der Waals surface area contributed by atoms with Crippen LogP contribution >= 0.6 is 0 Å². The first-order valence-corrected chi connectivity index (χ1v) is 7.62. The van der Waals surface area contributed by atoms with Crippen molar-refractivity contribution in [2.45, 2.75) is 25.8 Å². The SMILES string of the molecule is COc1ccnc(CN2CCCC3(CCOC3)C2)c1OC. The number of pyridine rings is 1. The predicted octanol–water partition coefficient (Wildman–Crippen LogP) is 2.10. The maximum atomic E-state index is 5.63. The molecule has 0 aliphatic carbocycles. The zero-order chi connectivity index (χ0) is 14.7. The summed E-state index contributed by atoms with van der Waals surface area (Å²) in [5, 5.41) is 0. The number of aromatic nitrogens is 1. The number of piperidine rings is 1. The largest absolute Gasteiger partial charge is 0.493 e. The molecule has 0 radical (unpaired) electrons. The van der Waals surface area contributed by atoms with E-state index in [1.54, 1.807) is 20.4 Å². The van der Waals surface area contributed by atoms with E-state index in [-0.39, 0.29) is 0 Å². The second-order valence-electron chi connectivity index (χ2n) is 6.11. The highest BCUT2D eigenvalue weighted by atomic mass is 16.5. The van der Waals surface area contributed by atoms with Crippen molar-refractivity contribution in [3.8, 4) is 11.5 Å². The van der Waals surface area contributed by atoms with Gasteiger partial charge in [0.05, 0.1) is 20.8 Å². The minimum Gasteiger partial charge on any atom is -0.493 e. The van der Waals surface area contributed by atoms with Crippen LogP contribution in [0, 0.1) is 5.41 Å². The van der Waals surface area contributed by atoms with Crippen LogP contribution < -0.4 is 9.47 Å². The molecule has 116 valence electrons. The van der Waals surface area contributed by atoms with E-state index in [1.807, 2.05) is 6.07 Å². The molecule has 1 aromatic rings. The number of nitrogens with zero attached hydrogens (tertiary/aromatic N) is 2. The maximum absolute atomic E-state index is 5.63. The molecule has 0 bridgehead atoms. The molecule has 0 N–H and O–H groups in total. The molecular formula is C16H24N2O3. The Morgan fingerprint density at radius 2 is 2.24 bits per heavy atom. The van der Waals surface area contributed by atoms with Gasteiger partial charge in [-0.2, -0.15) is 0 Å². The highest BCUT2D eigenvalue weighted by Gasteiger charge is 2.39. The first-order valence-electron chi connectivity index (χ1n) is 7.62. The van der Waals surface area contributed by atoms with Crippen LogP contribution in [0.15, 0.2) is 12.3 Å². The molecule has 3 rings (SSSR count). The summed E-state index contributed by atoms with van der Waals surface area (Å²) in [5.41, 5.74) is 1.32. The Morgan fingerprint density at radius 1 is 1.33 bits per heavy atom. The van der Waals surface area contributed by atoms with Crippen molar-refractivity contribution in [2.24, 2.45) is 5.41 Å². The van der Waals surface area contributed by atoms with Crippen molar-refractivity contribution in [2.75, 3.05) is 40.5 Å². The molecule has 2 aliphatic heterocycles. The molecular weight excluding hydrogens is 268 g/mol. The summed E-state index contributed by atoms with van der Waals surface area (Å²) >= 11 is 0. The van der Waals surface area contributed by atoms with Gasteiger partial charge < -0.3 is 14.2 Å². The highest BCUT2D eigenvalue weighted by Crippen LogP contribution is 2.38. The molecule has 5 nitrogen and oxygen atoms in total. The zero-order valence-electron chi connectivity index (χ0n) is 12.9. The van der Waals surface area contributed by atoms with Crippen LogP contribution in [-0.4, -0.2) is 50.4 Å². The average molecular weight is 292 g/mol. The van der Waals surface area contributed by atoms with Crippen LogP contribution in [0.4, 0.5) is 0 Å². The Labute approximate surface area is 126 Å². The molecule has 2 fully saturated rings. The third-order valence-corrected chi connectivity index (χ3v) is 4.67. The molecule has 1 spiro atoms. The highest BCUT2D eigenvalue weighted by molar-refractivity contribution is 5.42. The smallest absolute Gasteiger partial charge is 0.183 e. The van der Waals surface area contributed by atoms with Crippen LogP contribution in [0.3, 0.4) is 0 Å². The monoisotopic (exact) mass is 292 g/mol. The third kappa shape index (κ3) is 2.99. The number of hydrogen-bond donors (Lipinski definition) is 0. The first-order chi connectivity index (χ1) is 10.3. The summed E-state index contributed by atoms with van der Waals surface area (Å²) < 4.78 is 16.5. The number of ether oxygens (including phenoxy) is 3. The van der Waals surface area contributed by atoms with Crippen molar-refractivity contribution in [1.29, 1.82) is 0 Å².